The molecule has 0 unspecified atom stereocenters. The average molecular weight is 453 g/mol. The van der Waals surface area contributed by atoms with Crippen LogP contribution in [0, 0.1) is 11.6 Å². The van der Waals surface area contributed by atoms with Crippen molar-refractivity contribution in [2.75, 3.05) is 11.8 Å². The summed E-state index contributed by atoms with van der Waals surface area (Å²) >= 11 is 1.01. The van der Waals surface area contributed by atoms with E-state index in [0.29, 0.717) is 6.54 Å². The first kappa shape index (κ1) is 21.9. The van der Waals surface area contributed by atoms with Crippen LogP contribution >= 0.6 is 11.8 Å². The second-order valence-corrected chi connectivity index (χ2v) is 8.66. The van der Waals surface area contributed by atoms with Crippen molar-refractivity contribution in [2.24, 2.45) is 5.73 Å². The van der Waals surface area contributed by atoms with Crippen LogP contribution in [0.3, 0.4) is 0 Å². The van der Waals surface area contributed by atoms with E-state index in [1.165, 1.54) is 37.4 Å². The summed E-state index contributed by atoms with van der Waals surface area (Å²) < 4.78 is 59.9. The Morgan fingerprint density at radius 2 is 1.87 bits per heavy atom. The van der Waals surface area contributed by atoms with Gasteiger partial charge in [-0.3, -0.25) is 4.72 Å². The van der Waals surface area contributed by atoms with Crippen molar-refractivity contribution in [3.8, 4) is 5.88 Å². The summed E-state index contributed by atoms with van der Waals surface area (Å²) in [6.45, 7) is 0.295. The summed E-state index contributed by atoms with van der Waals surface area (Å²) in [7, 11) is -2.55. The van der Waals surface area contributed by atoms with Gasteiger partial charge < -0.3 is 10.5 Å². The van der Waals surface area contributed by atoms with Gasteiger partial charge in [0.2, 0.25) is 5.88 Å². The van der Waals surface area contributed by atoms with Crippen LogP contribution in [0.25, 0.3) is 0 Å². The van der Waals surface area contributed by atoms with Crippen LogP contribution in [0.2, 0.25) is 0 Å². The lowest BCUT2D eigenvalue weighted by Crippen LogP contribution is -2.14. The second-order valence-electron chi connectivity index (χ2n) is 6.03. The number of ether oxygens (including phenoxy) is 1. The van der Waals surface area contributed by atoms with Crippen LogP contribution in [-0.4, -0.2) is 25.5 Å². The van der Waals surface area contributed by atoms with Crippen molar-refractivity contribution in [1.82, 2.24) is 9.97 Å². The standard InChI is InChI=1S/C19H18F2N4O3S2/c1-28-17-9-16(25-30(26,27)14-7-5-12(10-22)6-8-14)23-19(24-17)29-11-13-3-2-4-15(20)18(13)21/h2-9H,10-11,22H2,1H3,(H,23,24,25). The van der Waals surface area contributed by atoms with E-state index in [9.17, 15) is 17.2 Å². The zero-order chi connectivity index (χ0) is 21.7. The predicted octanol–water partition coefficient (Wildman–Crippen LogP) is 3.32. The minimum atomic E-state index is -3.91. The molecule has 7 nitrogen and oxygen atoms in total. The normalized spacial score (nSPS) is 11.3. The first-order valence-electron chi connectivity index (χ1n) is 8.63. The van der Waals surface area contributed by atoms with Gasteiger partial charge in [0.05, 0.1) is 12.0 Å². The number of nitrogens with two attached hydrogens (primary N) is 1. The fourth-order valence-corrected chi connectivity index (χ4v) is 4.25. The molecule has 1 heterocycles. The SMILES string of the molecule is COc1cc(NS(=O)(=O)c2ccc(CN)cc2)nc(SCc2cccc(F)c2F)n1. The number of rotatable bonds is 8. The second kappa shape index (κ2) is 9.37. The zero-order valence-electron chi connectivity index (χ0n) is 15.8. The highest BCUT2D eigenvalue weighted by Gasteiger charge is 2.17. The Bertz CT molecular complexity index is 1140. The van der Waals surface area contributed by atoms with Gasteiger partial charge in [-0.25, -0.2) is 22.2 Å². The molecule has 3 aromatic rings. The van der Waals surface area contributed by atoms with Crippen molar-refractivity contribution in [2.45, 2.75) is 22.3 Å². The number of nitrogens with zero attached hydrogens (tertiary/aromatic N) is 2. The molecule has 0 spiro atoms. The summed E-state index contributed by atoms with van der Waals surface area (Å²) in [6, 6.07) is 11.3. The van der Waals surface area contributed by atoms with Gasteiger partial charge in [-0.15, -0.1) is 0 Å². The Labute approximate surface area is 176 Å². The van der Waals surface area contributed by atoms with E-state index in [1.54, 1.807) is 12.1 Å². The molecule has 0 atom stereocenters. The maximum absolute atomic E-state index is 13.8. The Hall–Kier alpha value is -2.76. The van der Waals surface area contributed by atoms with Gasteiger partial charge in [0.1, 0.15) is 5.82 Å². The van der Waals surface area contributed by atoms with E-state index < -0.39 is 21.7 Å². The molecule has 2 aromatic carbocycles. The Morgan fingerprint density at radius 1 is 1.13 bits per heavy atom. The molecule has 0 saturated heterocycles. The lowest BCUT2D eigenvalue weighted by Gasteiger charge is -2.10. The third-order valence-corrected chi connectivity index (χ3v) is 6.25. The summed E-state index contributed by atoms with van der Waals surface area (Å²) in [6.07, 6.45) is 0. The van der Waals surface area contributed by atoms with Crippen molar-refractivity contribution in [3.63, 3.8) is 0 Å². The lowest BCUT2D eigenvalue weighted by molar-refractivity contribution is 0.393. The summed E-state index contributed by atoms with van der Waals surface area (Å²) in [5.74, 6) is -1.76. The van der Waals surface area contributed by atoms with Gasteiger partial charge in [-0.05, 0) is 23.8 Å². The molecular formula is C19H18F2N4O3S2. The van der Waals surface area contributed by atoms with Crippen molar-refractivity contribution in [1.29, 1.82) is 0 Å². The van der Waals surface area contributed by atoms with E-state index in [2.05, 4.69) is 14.7 Å². The molecule has 0 amide bonds. The molecule has 158 valence electrons. The van der Waals surface area contributed by atoms with Gasteiger partial charge >= 0.3 is 0 Å². The van der Waals surface area contributed by atoms with Crippen LogP contribution < -0.4 is 15.2 Å². The first-order valence-corrected chi connectivity index (χ1v) is 11.1. The molecule has 3 rings (SSSR count). The highest BCUT2D eigenvalue weighted by Crippen LogP contribution is 2.26. The third kappa shape index (κ3) is 5.23. The van der Waals surface area contributed by atoms with Crippen LogP contribution in [0.15, 0.2) is 58.6 Å². The maximum Gasteiger partial charge on any atom is 0.263 e. The fraction of sp³-hybridized carbons (Fsp3) is 0.158. The first-order chi connectivity index (χ1) is 14.3. The van der Waals surface area contributed by atoms with Crippen LogP contribution in [0.1, 0.15) is 11.1 Å². The number of halogens is 2. The van der Waals surface area contributed by atoms with Gasteiger partial charge in [0.25, 0.3) is 10.0 Å². The number of benzene rings is 2. The van der Waals surface area contributed by atoms with E-state index >= 15 is 0 Å². The van der Waals surface area contributed by atoms with Gasteiger partial charge in [-0.1, -0.05) is 36.0 Å². The van der Waals surface area contributed by atoms with E-state index in [1.807, 2.05) is 0 Å². The highest BCUT2D eigenvalue weighted by molar-refractivity contribution is 7.98. The molecular weight excluding hydrogens is 434 g/mol. The number of hydrogen-bond donors (Lipinski definition) is 2. The number of aromatic nitrogens is 2. The number of sulfonamides is 1. The smallest absolute Gasteiger partial charge is 0.263 e. The summed E-state index contributed by atoms with van der Waals surface area (Å²) in [5, 5.41) is 0.134. The molecule has 1 aromatic heterocycles. The number of hydrogen-bond acceptors (Lipinski definition) is 7. The molecule has 0 bridgehead atoms. The van der Waals surface area contributed by atoms with Crippen LogP contribution in [0.4, 0.5) is 14.6 Å². The van der Waals surface area contributed by atoms with E-state index in [-0.39, 0.29) is 33.1 Å². The summed E-state index contributed by atoms with van der Waals surface area (Å²) in [5.41, 5.74) is 6.45. The molecule has 0 aliphatic carbocycles. The lowest BCUT2D eigenvalue weighted by atomic mass is 10.2. The summed E-state index contributed by atoms with van der Waals surface area (Å²) in [4.78, 5) is 8.28. The molecule has 30 heavy (non-hydrogen) atoms. The van der Waals surface area contributed by atoms with Gasteiger partial charge in [0, 0.05) is 23.9 Å². The monoisotopic (exact) mass is 452 g/mol. The number of thioether (sulfide) groups is 1. The van der Waals surface area contributed by atoms with Crippen molar-refractivity contribution in [3.05, 3.63) is 71.3 Å². The topological polar surface area (TPSA) is 107 Å². The molecule has 0 aliphatic rings. The Kier molecular flexibility index (Phi) is 6.85. The van der Waals surface area contributed by atoms with Crippen LogP contribution in [-0.2, 0) is 22.3 Å². The highest BCUT2D eigenvalue weighted by atomic mass is 32.2. The molecule has 0 aliphatic heterocycles. The molecule has 3 N–H and O–H groups in total. The zero-order valence-corrected chi connectivity index (χ0v) is 17.4. The van der Waals surface area contributed by atoms with Gasteiger partial charge in [-0.2, -0.15) is 4.98 Å². The molecule has 0 radical (unpaired) electrons. The predicted molar refractivity (Wildman–Crippen MR) is 110 cm³/mol. The van der Waals surface area contributed by atoms with Crippen molar-refractivity contribution < 1.29 is 21.9 Å². The number of methoxy groups -OCH3 is 1. The largest absolute Gasteiger partial charge is 0.481 e. The molecule has 0 fully saturated rings. The Balaban J connectivity index is 1.82. The number of anilines is 1. The minimum Gasteiger partial charge on any atom is -0.481 e. The average Bonchev–Trinajstić information content (AvgIpc) is 2.74. The minimum absolute atomic E-state index is 0.0213. The van der Waals surface area contributed by atoms with E-state index in [4.69, 9.17) is 10.5 Å². The third-order valence-electron chi connectivity index (χ3n) is 3.99. The van der Waals surface area contributed by atoms with Crippen LogP contribution in [0.5, 0.6) is 5.88 Å². The molecule has 11 heteroatoms. The van der Waals surface area contributed by atoms with Gasteiger partial charge in [0.15, 0.2) is 16.8 Å². The number of nitrogens with one attached hydrogen (secondary N) is 1. The quantitative estimate of drug-likeness (QED) is 0.399. The maximum atomic E-state index is 13.8. The molecule has 0 saturated carbocycles. The fourth-order valence-electron chi connectivity index (χ4n) is 2.43. The van der Waals surface area contributed by atoms with Crippen molar-refractivity contribution >= 4 is 27.6 Å². The Morgan fingerprint density at radius 3 is 2.53 bits per heavy atom. The van der Waals surface area contributed by atoms with E-state index in [0.717, 1.165) is 23.4 Å².